The van der Waals surface area contributed by atoms with Gasteiger partial charge in [0, 0.05) is 25.4 Å². The van der Waals surface area contributed by atoms with E-state index in [9.17, 15) is 9.59 Å². The van der Waals surface area contributed by atoms with E-state index in [0.29, 0.717) is 44.7 Å². The molecule has 2 N–H and O–H groups in total. The van der Waals surface area contributed by atoms with E-state index in [-0.39, 0.29) is 24.7 Å². The zero-order chi connectivity index (χ0) is 22.9. The first-order valence-corrected chi connectivity index (χ1v) is 11.3. The number of hydrogen-bond acceptors (Lipinski definition) is 6. The highest BCUT2D eigenvalue weighted by atomic mass is 16.5. The maximum absolute atomic E-state index is 12.3. The van der Waals surface area contributed by atoms with Gasteiger partial charge in [-0.2, -0.15) is 0 Å². The Balaban J connectivity index is 1.62. The van der Waals surface area contributed by atoms with Crippen molar-refractivity contribution in [3.63, 3.8) is 0 Å². The summed E-state index contributed by atoms with van der Waals surface area (Å²) >= 11 is 0. The molecule has 3 rings (SSSR count). The lowest BCUT2D eigenvalue weighted by Gasteiger charge is -2.38. The summed E-state index contributed by atoms with van der Waals surface area (Å²) in [6, 6.07) is 11.3. The normalized spacial score (nSPS) is 18.3. The van der Waals surface area contributed by atoms with Gasteiger partial charge in [0.2, 0.25) is 0 Å². The first-order chi connectivity index (χ1) is 15.5. The van der Waals surface area contributed by atoms with Gasteiger partial charge in [-0.05, 0) is 38.3 Å². The summed E-state index contributed by atoms with van der Waals surface area (Å²) in [4.78, 5) is 30.1. The SMILES string of the molecule is CCOC(=O)c1cc(N2CCC(NC(=O)OCc3ccccc3)C(OCC)C2)[nH]c1CC. The lowest BCUT2D eigenvalue weighted by molar-refractivity contribution is 0.0260. The third-order valence-corrected chi connectivity index (χ3v) is 5.53. The zero-order valence-corrected chi connectivity index (χ0v) is 19.1. The van der Waals surface area contributed by atoms with Gasteiger partial charge in [0.1, 0.15) is 12.4 Å². The third-order valence-electron chi connectivity index (χ3n) is 5.53. The van der Waals surface area contributed by atoms with Crippen LogP contribution in [0.2, 0.25) is 0 Å². The minimum Gasteiger partial charge on any atom is -0.462 e. The van der Waals surface area contributed by atoms with Gasteiger partial charge in [-0.1, -0.05) is 37.3 Å². The van der Waals surface area contributed by atoms with Crippen LogP contribution in [0.15, 0.2) is 36.4 Å². The minimum absolute atomic E-state index is 0.153. The Labute approximate surface area is 189 Å². The highest BCUT2D eigenvalue weighted by Crippen LogP contribution is 2.25. The van der Waals surface area contributed by atoms with Crippen molar-refractivity contribution in [3.05, 3.63) is 53.2 Å². The summed E-state index contributed by atoms with van der Waals surface area (Å²) in [5.41, 5.74) is 2.37. The number of piperidine rings is 1. The molecule has 32 heavy (non-hydrogen) atoms. The van der Waals surface area contributed by atoms with E-state index >= 15 is 0 Å². The number of aromatic nitrogens is 1. The van der Waals surface area contributed by atoms with Gasteiger partial charge < -0.3 is 29.4 Å². The number of benzene rings is 1. The molecule has 0 spiro atoms. The predicted molar refractivity (Wildman–Crippen MR) is 122 cm³/mol. The Kier molecular flexibility index (Phi) is 8.56. The van der Waals surface area contributed by atoms with E-state index in [2.05, 4.69) is 15.2 Å². The van der Waals surface area contributed by atoms with E-state index in [1.807, 2.05) is 50.2 Å². The van der Waals surface area contributed by atoms with Crippen molar-refractivity contribution in [2.24, 2.45) is 0 Å². The molecule has 2 atom stereocenters. The van der Waals surface area contributed by atoms with Crippen molar-refractivity contribution in [3.8, 4) is 0 Å². The number of aryl methyl sites for hydroxylation is 1. The van der Waals surface area contributed by atoms with Crippen molar-refractivity contribution in [1.82, 2.24) is 10.3 Å². The summed E-state index contributed by atoms with van der Waals surface area (Å²) in [7, 11) is 0. The molecular weight excluding hydrogens is 410 g/mol. The fraction of sp³-hybridized carbons (Fsp3) is 0.500. The monoisotopic (exact) mass is 443 g/mol. The molecular formula is C24H33N3O5. The number of alkyl carbamates (subject to hydrolysis) is 1. The van der Waals surface area contributed by atoms with Crippen LogP contribution in [0.1, 0.15) is 48.8 Å². The van der Waals surface area contributed by atoms with Gasteiger partial charge in [0.25, 0.3) is 0 Å². The molecule has 2 aromatic rings. The second kappa shape index (κ2) is 11.6. The number of hydrogen-bond donors (Lipinski definition) is 2. The van der Waals surface area contributed by atoms with E-state index in [0.717, 1.165) is 17.1 Å². The number of nitrogens with zero attached hydrogens (tertiary/aromatic N) is 1. The van der Waals surface area contributed by atoms with Gasteiger partial charge in [0.15, 0.2) is 0 Å². The summed E-state index contributed by atoms with van der Waals surface area (Å²) in [5.74, 6) is 0.547. The fourth-order valence-corrected chi connectivity index (χ4v) is 3.92. The van der Waals surface area contributed by atoms with Crippen molar-refractivity contribution < 1.29 is 23.8 Å². The molecule has 8 heteroatoms. The molecule has 2 unspecified atom stereocenters. The summed E-state index contributed by atoms with van der Waals surface area (Å²) < 4.78 is 16.5. The van der Waals surface area contributed by atoms with Gasteiger partial charge in [0.05, 0.1) is 24.3 Å². The Bertz CT molecular complexity index is 883. The molecule has 0 radical (unpaired) electrons. The quantitative estimate of drug-likeness (QED) is 0.575. The molecule has 1 aromatic heterocycles. The Morgan fingerprint density at radius 3 is 2.59 bits per heavy atom. The van der Waals surface area contributed by atoms with Crippen molar-refractivity contribution >= 4 is 17.9 Å². The van der Waals surface area contributed by atoms with Crippen molar-refractivity contribution in [2.75, 3.05) is 31.2 Å². The zero-order valence-electron chi connectivity index (χ0n) is 19.1. The van der Waals surface area contributed by atoms with E-state index in [4.69, 9.17) is 14.2 Å². The van der Waals surface area contributed by atoms with Crippen LogP contribution in [0.25, 0.3) is 0 Å². The number of esters is 1. The summed E-state index contributed by atoms with van der Waals surface area (Å²) in [6.07, 6.45) is 0.751. The van der Waals surface area contributed by atoms with Crippen LogP contribution in [0.4, 0.5) is 10.6 Å². The molecule has 0 aliphatic carbocycles. The number of rotatable bonds is 9. The molecule has 1 aromatic carbocycles. The molecule has 1 fully saturated rings. The molecule has 0 bridgehead atoms. The van der Waals surface area contributed by atoms with Crippen LogP contribution >= 0.6 is 0 Å². The van der Waals surface area contributed by atoms with Gasteiger partial charge >= 0.3 is 12.1 Å². The van der Waals surface area contributed by atoms with E-state index in [1.165, 1.54) is 0 Å². The molecule has 1 amide bonds. The highest BCUT2D eigenvalue weighted by molar-refractivity contribution is 5.92. The van der Waals surface area contributed by atoms with Gasteiger partial charge in [-0.25, -0.2) is 9.59 Å². The Morgan fingerprint density at radius 1 is 1.12 bits per heavy atom. The molecule has 8 nitrogen and oxygen atoms in total. The molecule has 1 aliphatic heterocycles. The van der Waals surface area contributed by atoms with E-state index in [1.54, 1.807) is 6.92 Å². The number of aromatic amines is 1. The summed E-state index contributed by atoms with van der Waals surface area (Å²) in [6.45, 7) is 8.13. The second-order valence-electron chi connectivity index (χ2n) is 7.66. The average molecular weight is 444 g/mol. The predicted octanol–water partition coefficient (Wildman–Crippen LogP) is 3.66. The lowest BCUT2D eigenvalue weighted by Crippen LogP contribution is -2.55. The number of carbonyl (C=O) groups excluding carboxylic acids is 2. The summed E-state index contributed by atoms with van der Waals surface area (Å²) in [5, 5.41) is 2.96. The Morgan fingerprint density at radius 2 is 1.91 bits per heavy atom. The maximum Gasteiger partial charge on any atom is 0.407 e. The smallest absolute Gasteiger partial charge is 0.407 e. The third kappa shape index (κ3) is 6.03. The number of amides is 1. The van der Waals surface area contributed by atoms with Gasteiger partial charge in [-0.3, -0.25) is 0 Å². The largest absolute Gasteiger partial charge is 0.462 e. The number of ether oxygens (including phenoxy) is 3. The second-order valence-corrected chi connectivity index (χ2v) is 7.66. The number of anilines is 1. The minimum atomic E-state index is -0.449. The highest BCUT2D eigenvalue weighted by Gasteiger charge is 2.32. The molecule has 174 valence electrons. The topological polar surface area (TPSA) is 92.9 Å². The number of carbonyl (C=O) groups is 2. The molecule has 0 saturated carbocycles. The first kappa shape index (κ1) is 23.7. The van der Waals surface area contributed by atoms with Crippen LogP contribution in [0.3, 0.4) is 0 Å². The van der Waals surface area contributed by atoms with Crippen LogP contribution in [0.5, 0.6) is 0 Å². The molecule has 1 saturated heterocycles. The number of nitrogens with one attached hydrogen (secondary N) is 2. The van der Waals surface area contributed by atoms with Gasteiger partial charge in [-0.15, -0.1) is 0 Å². The average Bonchev–Trinajstić information content (AvgIpc) is 3.24. The van der Waals surface area contributed by atoms with Crippen LogP contribution in [0, 0.1) is 0 Å². The lowest BCUT2D eigenvalue weighted by atomic mass is 10.0. The van der Waals surface area contributed by atoms with Crippen molar-refractivity contribution in [2.45, 2.75) is 52.4 Å². The van der Waals surface area contributed by atoms with Crippen LogP contribution in [-0.4, -0.2) is 55.5 Å². The van der Waals surface area contributed by atoms with E-state index < -0.39 is 6.09 Å². The molecule has 1 aliphatic rings. The van der Waals surface area contributed by atoms with Crippen LogP contribution < -0.4 is 10.2 Å². The Hall–Kier alpha value is -3.00. The number of H-pyrrole nitrogens is 1. The van der Waals surface area contributed by atoms with Crippen LogP contribution in [-0.2, 0) is 27.2 Å². The molecule has 2 heterocycles. The first-order valence-electron chi connectivity index (χ1n) is 11.3. The fourth-order valence-electron chi connectivity index (χ4n) is 3.92. The standard InChI is InChI=1S/C24H33N3O5/c1-4-19-18(23(28)31-6-3)14-22(25-19)27-13-12-20(21(15-27)30-5-2)26-24(29)32-16-17-10-8-7-9-11-17/h7-11,14,20-21,25H,4-6,12-13,15-16H2,1-3H3,(H,26,29). The maximum atomic E-state index is 12.3. The van der Waals surface area contributed by atoms with Crippen molar-refractivity contribution in [1.29, 1.82) is 0 Å².